The molecule has 1 aromatic heterocycles. The molecule has 0 saturated carbocycles. The lowest BCUT2D eigenvalue weighted by Crippen LogP contribution is -2.00. The van der Waals surface area contributed by atoms with Crippen LogP contribution in [0.15, 0.2) is 0 Å². The van der Waals surface area contributed by atoms with Crippen molar-refractivity contribution in [2.24, 2.45) is 0 Å². The molecule has 0 bridgehead atoms. The van der Waals surface area contributed by atoms with E-state index < -0.39 is 5.97 Å². The van der Waals surface area contributed by atoms with Gasteiger partial charge in [-0.3, -0.25) is 4.79 Å². The van der Waals surface area contributed by atoms with Crippen LogP contribution in [0.5, 0.6) is 0 Å². The van der Waals surface area contributed by atoms with E-state index in [0.29, 0.717) is 6.42 Å². The summed E-state index contributed by atoms with van der Waals surface area (Å²) < 4.78 is 0. The Labute approximate surface area is 90.5 Å². The summed E-state index contributed by atoms with van der Waals surface area (Å²) >= 11 is 0. The van der Waals surface area contributed by atoms with Crippen LogP contribution < -0.4 is 0 Å². The van der Waals surface area contributed by atoms with Crippen LogP contribution in [0.3, 0.4) is 0 Å². The molecule has 1 aromatic rings. The number of carboxylic acids is 1. The van der Waals surface area contributed by atoms with Gasteiger partial charge in [-0.1, -0.05) is 13.3 Å². The van der Waals surface area contributed by atoms with Crippen molar-refractivity contribution < 1.29 is 9.90 Å². The van der Waals surface area contributed by atoms with E-state index in [1.165, 1.54) is 22.5 Å². The van der Waals surface area contributed by atoms with E-state index in [1.54, 1.807) is 0 Å². The van der Waals surface area contributed by atoms with Gasteiger partial charge in [0.15, 0.2) is 0 Å². The number of carboxylic acid groups (broad SMARTS) is 1. The minimum atomic E-state index is -0.726. The van der Waals surface area contributed by atoms with Crippen LogP contribution in [0.2, 0.25) is 0 Å². The number of aromatic amines is 1. The van der Waals surface area contributed by atoms with Crippen LogP contribution >= 0.6 is 0 Å². The highest BCUT2D eigenvalue weighted by atomic mass is 16.4. The second-order valence-electron chi connectivity index (χ2n) is 3.98. The lowest BCUT2D eigenvalue weighted by molar-refractivity contribution is -0.136. The predicted molar refractivity (Wildman–Crippen MR) is 60.2 cm³/mol. The third kappa shape index (κ3) is 2.85. The monoisotopic (exact) mass is 209 g/mol. The summed E-state index contributed by atoms with van der Waals surface area (Å²) in [5.41, 5.74) is 4.81. The van der Waals surface area contributed by atoms with Gasteiger partial charge in [0.1, 0.15) is 0 Å². The lowest BCUT2D eigenvalue weighted by atomic mass is 10.0. The standard InChI is InChI=1S/C12H19NO2/c1-4-5-11-10(6-7-12(14)15)8(2)9(3)13-11/h13H,4-7H2,1-3H3,(H,14,15). The molecule has 0 aliphatic carbocycles. The van der Waals surface area contributed by atoms with Gasteiger partial charge in [-0.2, -0.15) is 0 Å². The lowest BCUT2D eigenvalue weighted by Gasteiger charge is -2.02. The molecule has 1 rings (SSSR count). The highest BCUT2D eigenvalue weighted by Gasteiger charge is 2.11. The SMILES string of the molecule is CCCc1[nH]c(C)c(C)c1CCC(=O)O. The number of aromatic nitrogens is 1. The third-order valence-corrected chi connectivity index (χ3v) is 2.81. The fourth-order valence-corrected chi connectivity index (χ4v) is 1.88. The zero-order valence-electron chi connectivity index (χ0n) is 9.68. The van der Waals surface area contributed by atoms with E-state index in [9.17, 15) is 4.79 Å². The van der Waals surface area contributed by atoms with Crippen LogP contribution in [0.25, 0.3) is 0 Å². The molecule has 0 aliphatic heterocycles. The topological polar surface area (TPSA) is 53.1 Å². The number of hydrogen-bond acceptors (Lipinski definition) is 1. The van der Waals surface area contributed by atoms with E-state index in [4.69, 9.17) is 5.11 Å². The van der Waals surface area contributed by atoms with Crippen molar-refractivity contribution >= 4 is 5.97 Å². The molecule has 3 nitrogen and oxygen atoms in total. The van der Waals surface area contributed by atoms with Crippen molar-refractivity contribution in [3.8, 4) is 0 Å². The zero-order chi connectivity index (χ0) is 11.4. The van der Waals surface area contributed by atoms with Crippen LogP contribution in [-0.4, -0.2) is 16.1 Å². The van der Waals surface area contributed by atoms with Crippen molar-refractivity contribution in [1.82, 2.24) is 4.98 Å². The van der Waals surface area contributed by atoms with E-state index in [2.05, 4.69) is 18.8 Å². The highest BCUT2D eigenvalue weighted by Crippen LogP contribution is 2.20. The van der Waals surface area contributed by atoms with Gasteiger partial charge in [0.25, 0.3) is 0 Å². The van der Waals surface area contributed by atoms with Gasteiger partial charge < -0.3 is 10.1 Å². The largest absolute Gasteiger partial charge is 0.481 e. The molecule has 0 saturated heterocycles. The Morgan fingerprint density at radius 3 is 2.53 bits per heavy atom. The molecular weight excluding hydrogens is 190 g/mol. The van der Waals surface area contributed by atoms with E-state index in [-0.39, 0.29) is 6.42 Å². The molecule has 0 fully saturated rings. The second-order valence-corrected chi connectivity index (χ2v) is 3.98. The Balaban J connectivity index is 2.86. The summed E-state index contributed by atoms with van der Waals surface area (Å²) in [4.78, 5) is 13.9. The first-order chi connectivity index (χ1) is 7.06. The van der Waals surface area contributed by atoms with Crippen LogP contribution in [-0.2, 0) is 17.6 Å². The Kier molecular flexibility index (Phi) is 3.95. The van der Waals surface area contributed by atoms with Gasteiger partial charge in [0.2, 0.25) is 0 Å². The van der Waals surface area contributed by atoms with E-state index in [0.717, 1.165) is 12.8 Å². The van der Waals surface area contributed by atoms with Gasteiger partial charge in [0.05, 0.1) is 0 Å². The third-order valence-electron chi connectivity index (χ3n) is 2.81. The molecule has 1 heterocycles. The van der Waals surface area contributed by atoms with Crippen LogP contribution in [0.1, 0.15) is 42.3 Å². The maximum absolute atomic E-state index is 10.5. The molecule has 0 aromatic carbocycles. The Morgan fingerprint density at radius 1 is 1.33 bits per heavy atom. The molecule has 15 heavy (non-hydrogen) atoms. The predicted octanol–water partition coefficient (Wildman–Crippen LogP) is 2.60. The first-order valence-corrected chi connectivity index (χ1v) is 5.45. The molecule has 84 valence electrons. The Hall–Kier alpha value is -1.25. The van der Waals surface area contributed by atoms with Crippen molar-refractivity contribution in [3.05, 3.63) is 22.5 Å². The highest BCUT2D eigenvalue weighted by molar-refractivity contribution is 5.67. The van der Waals surface area contributed by atoms with Crippen molar-refractivity contribution in [2.45, 2.75) is 46.5 Å². The average molecular weight is 209 g/mol. The summed E-state index contributed by atoms with van der Waals surface area (Å²) in [6.45, 7) is 6.23. The molecule has 0 unspecified atom stereocenters. The molecule has 0 amide bonds. The number of H-pyrrole nitrogens is 1. The number of aliphatic carboxylic acids is 1. The van der Waals surface area contributed by atoms with Gasteiger partial charge in [-0.05, 0) is 37.8 Å². The van der Waals surface area contributed by atoms with Crippen molar-refractivity contribution in [1.29, 1.82) is 0 Å². The maximum atomic E-state index is 10.5. The van der Waals surface area contributed by atoms with E-state index >= 15 is 0 Å². The summed E-state index contributed by atoms with van der Waals surface area (Å²) in [6, 6.07) is 0. The Morgan fingerprint density at radius 2 is 2.00 bits per heavy atom. The fourth-order valence-electron chi connectivity index (χ4n) is 1.88. The van der Waals surface area contributed by atoms with Crippen LogP contribution in [0.4, 0.5) is 0 Å². The van der Waals surface area contributed by atoms with Crippen LogP contribution in [0, 0.1) is 13.8 Å². The van der Waals surface area contributed by atoms with Crippen molar-refractivity contribution in [2.75, 3.05) is 0 Å². The molecule has 3 heteroatoms. The fraction of sp³-hybridized carbons (Fsp3) is 0.583. The first-order valence-electron chi connectivity index (χ1n) is 5.45. The second kappa shape index (κ2) is 5.01. The smallest absolute Gasteiger partial charge is 0.303 e. The number of aryl methyl sites for hydroxylation is 2. The quantitative estimate of drug-likeness (QED) is 0.783. The summed E-state index contributed by atoms with van der Waals surface area (Å²) in [7, 11) is 0. The van der Waals surface area contributed by atoms with E-state index in [1.807, 2.05) is 6.92 Å². The van der Waals surface area contributed by atoms with Gasteiger partial charge in [-0.15, -0.1) is 0 Å². The average Bonchev–Trinajstić information content (AvgIpc) is 2.41. The molecule has 0 spiro atoms. The van der Waals surface area contributed by atoms with Gasteiger partial charge >= 0.3 is 5.97 Å². The Bertz CT molecular complexity index is 353. The minimum absolute atomic E-state index is 0.217. The van der Waals surface area contributed by atoms with Gasteiger partial charge in [-0.25, -0.2) is 0 Å². The maximum Gasteiger partial charge on any atom is 0.303 e. The summed E-state index contributed by atoms with van der Waals surface area (Å²) in [5, 5.41) is 8.68. The zero-order valence-corrected chi connectivity index (χ0v) is 9.68. The number of rotatable bonds is 5. The molecule has 0 atom stereocenters. The van der Waals surface area contributed by atoms with Crippen molar-refractivity contribution in [3.63, 3.8) is 0 Å². The minimum Gasteiger partial charge on any atom is -0.481 e. The molecule has 2 N–H and O–H groups in total. The number of nitrogens with one attached hydrogen (secondary N) is 1. The summed E-state index contributed by atoms with van der Waals surface area (Å²) in [6.07, 6.45) is 2.94. The molecule has 0 radical (unpaired) electrons. The number of carbonyl (C=O) groups is 1. The molecular formula is C12H19NO2. The normalized spacial score (nSPS) is 10.6. The molecule has 0 aliphatic rings. The number of hydrogen-bond donors (Lipinski definition) is 2. The first kappa shape index (κ1) is 11.8. The summed E-state index contributed by atoms with van der Waals surface area (Å²) in [5.74, 6) is -0.726. The van der Waals surface area contributed by atoms with Gasteiger partial charge in [0, 0.05) is 17.8 Å².